The van der Waals surface area contributed by atoms with E-state index in [2.05, 4.69) is 5.32 Å². The summed E-state index contributed by atoms with van der Waals surface area (Å²) in [6, 6.07) is 19.3. The number of hydrogen-bond donors (Lipinski definition) is 1. The fraction of sp³-hybridized carbons (Fsp3) is 0.464. The molecule has 8 nitrogen and oxygen atoms in total. The van der Waals surface area contributed by atoms with Crippen LogP contribution < -0.4 is 10.1 Å². The van der Waals surface area contributed by atoms with Crippen LogP contribution in [0.15, 0.2) is 60.7 Å². The summed E-state index contributed by atoms with van der Waals surface area (Å²) in [6.45, 7) is 6.51. The van der Waals surface area contributed by atoms with Crippen LogP contribution in [0.4, 0.5) is 4.79 Å². The van der Waals surface area contributed by atoms with Gasteiger partial charge in [0.1, 0.15) is 24.0 Å². The molecule has 1 heterocycles. The summed E-state index contributed by atoms with van der Waals surface area (Å²) in [5, 5.41) is 2.53. The molecule has 8 heteroatoms. The van der Waals surface area contributed by atoms with E-state index < -0.39 is 11.7 Å². The fourth-order valence-electron chi connectivity index (χ4n) is 4.16. The van der Waals surface area contributed by atoms with Crippen molar-refractivity contribution in [3.63, 3.8) is 0 Å². The predicted octanol–water partition coefficient (Wildman–Crippen LogP) is 3.86. The minimum atomic E-state index is -0.641. The molecule has 3 amide bonds. The molecular weight excluding hydrogens is 458 g/mol. The van der Waals surface area contributed by atoms with Gasteiger partial charge in [0.25, 0.3) is 0 Å². The molecule has 1 fully saturated rings. The SMILES string of the molecule is CN(Cc1ccccc1)C(=O)C[C@H]1CN(C(=O)CNC(=O)OC(C)(C)C)CC[C@@H]1Oc1ccccc1. The maximum atomic E-state index is 13.1. The lowest BCUT2D eigenvalue weighted by Crippen LogP contribution is -2.51. The molecule has 2 aromatic carbocycles. The van der Waals surface area contributed by atoms with Crippen LogP contribution in [0.25, 0.3) is 0 Å². The number of carbonyl (C=O) groups excluding carboxylic acids is 3. The maximum absolute atomic E-state index is 13.1. The van der Waals surface area contributed by atoms with Crippen molar-refractivity contribution in [3.05, 3.63) is 66.2 Å². The molecule has 1 aliphatic rings. The average molecular weight is 496 g/mol. The summed E-state index contributed by atoms with van der Waals surface area (Å²) in [4.78, 5) is 41.4. The Morgan fingerprint density at radius 3 is 2.31 bits per heavy atom. The van der Waals surface area contributed by atoms with Gasteiger partial charge in [-0.2, -0.15) is 0 Å². The largest absolute Gasteiger partial charge is 0.490 e. The number of nitrogens with zero attached hydrogens (tertiary/aromatic N) is 2. The second-order valence-corrected chi connectivity index (χ2v) is 10.2. The Bertz CT molecular complexity index is 1010. The van der Waals surface area contributed by atoms with E-state index in [1.54, 1.807) is 37.6 Å². The number of ether oxygens (including phenoxy) is 2. The summed E-state index contributed by atoms with van der Waals surface area (Å²) in [5.41, 5.74) is 0.413. The topological polar surface area (TPSA) is 88.2 Å². The van der Waals surface area contributed by atoms with Crippen molar-refractivity contribution in [2.45, 2.75) is 51.9 Å². The fourth-order valence-corrected chi connectivity index (χ4v) is 4.16. The lowest BCUT2D eigenvalue weighted by molar-refractivity contribution is -0.138. The molecule has 0 bridgehead atoms. The second kappa shape index (κ2) is 12.4. The van der Waals surface area contributed by atoms with Crippen molar-refractivity contribution < 1.29 is 23.9 Å². The lowest BCUT2D eigenvalue weighted by atomic mass is 9.90. The van der Waals surface area contributed by atoms with Crippen molar-refractivity contribution in [1.82, 2.24) is 15.1 Å². The first-order valence-corrected chi connectivity index (χ1v) is 12.3. The molecule has 0 unspecified atom stereocenters. The van der Waals surface area contributed by atoms with Gasteiger partial charge in [-0.3, -0.25) is 9.59 Å². The Kier molecular flexibility index (Phi) is 9.33. The Morgan fingerprint density at radius 2 is 1.67 bits per heavy atom. The molecule has 0 saturated carbocycles. The van der Waals surface area contributed by atoms with Crippen molar-refractivity contribution in [1.29, 1.82) is 0 Å². The normalized spacial score (nSPS) is 17.7. The average Bonchev–Trinajstić information content (AvgIpc) is 2.83. The third-order valence-corrected chi connectivity index (χ3v) is 5.96. The molecule has 2 atom stereocenters. The zero-order valence-electron chi connectivity index (χ0n) is 21.6. The van der Waals surface area contributed by atoms with Crippen molar-refractivity contribution >= 4 is 17.9 Å². The molecule has 36 heavy (non-hydrogen) atoms. The van der Waals surface area contributed by atoms with E-state index in [0.717, 1.165) is 11.3 Å². The van der Waals surface area contributed by atoms with Crippen molar-refractivity contribution in [2.24, 2.45) is 5.92 Å². The predicted molar refractivity (Wildman–Crippen MR) is 137 cm³/mol. The van der Waals surface area contributed by atoms with Crippen LogP contribution in [0.5, 0.6) is 5.75 Å². The molecule has 3 rings (SSSR count). The molecular formula is C28H37N3O5. The summed E-state index contributed by atoms with van der Waals surface area (Å²) < 4.78 is 11.5. The molecule has 0 aromatic heterocycles. The van der Waals surface area contributed by atoms with E-state index >= 15 is 0 Å². The van der Waals surface area contributed by atoms with Crippen LogP contribution in [0.3, 0.4) is 0 Å². The van der Waals surface area contributed by atoms with Crippen LogP contribution in [0, 0.1) is 5.92 Å². The van der Waals surface area contributed by atoms with Crippen LogP contribution in [-0.4, -0.2) is 66.1 Å². The second-order valence-electron chi connectivity index (χ2n) is 10.2. The summed E-state index contributed by atoms with van der Waals surface area (Å²) in [7, 11) is 1.79. The van der Waals surface area contributed by atoms with Crippen molar-refractivity contribution in [2.75, 3.05) is 26.7 Å². The Hall–Kier alpha value is -3.55. The van der Waals surface area contributed by atoms with Crippen LogP contribution in [-0.2, 0) is 20.9 Å². The smallest absolute Gasteiger partial charge is 0.408 e. The van der Waals surface area contributed by atoms with Gasteiger partial charge in [-0.25, -0.2) is 4.79 Å². The van der Waals surface area contributed by atoms with Crippen LogP contribution >= 0.6 is 0 Å². The molecule has 0 spiro atoms. The van der Waals surface area contributed by atoms with E-state index in [0.29, 0.717) is 26.1 Å². The van der Waals surface area contributed by atoms with E-state index in [9.17, 15) is 14.4 Å². The van der Waals surface area contributed by atoms with Gasteiger partial charge in [0.2, 0.25) is 11.8 Å². The number of likely N-dealkylation sites (tertiary alicyclic amines) is 1. The lowest BCUT2D eigenvalue weighted by Gasteiger charge is -2.39. The first-order valence-electron chi connectivity index (χ1n) is 12.3. The minimum absolute atomic E-state index is 0.00769. The Morgan fingerprint density at radius 1 is 1.03 bits per heavy atom. The van der Waals surface area contributed by atoms with Gasteiger partial charge in [0, 0.05) is 45.4 Å². The number of amides is 3. The van der Waals surface area contributed by atoms with E-state index in [1.807, 2.05) is 60.7 Å². The quantitative estimate of drug-likeness (QED) is 0.601. The Labute approximate surface area is 213 Å². The van der Waals surface area contributed by atoms with Crippen molar-refractivity contribution in [3.8, 4) is 5.75 Å². The summed E-state index contributed by atoms with van der Waals surface area (Å²) in [6.07, 6.45) is 0.00843. The van der Waals surface area contributed by atoms with Gasteiger partial charge >= 0.3 is 6.09 Å². The highest BCUT2D eigenvalue weighted by Crippen LogP contribution is 2.26. The molecule has 194 valence electrons. The summed E-state index contributed by atoms with van der Waals surface area (Å²) in [5.74, 6) is 0.333. The molecule has 1 N–H and O–H groups in total. The number of benzene rings is 2. The third kappa shape index (κ3) is 8.59. The number of rotatable bonds is 8. The number of piperidine rings is 1. The highest BCUT2D eigenvalue weighted by molar-refractivity contribution is 5.82. The number of carbonyl (C=O) groups is 3. The number of nitrogens with one attached hydrogen (secondary N) is 1. The van der Waals surface area contributed by atoms with Crippen LogP contribution in [0.2, 0.25) is 0 Å². The summed E-state index contributed by atoms with van der Waals surface area (Å²) >= 11 is 0. The first kappa shape index (κ1) is 27.0. The first-order chi connectivity index (χ1) is 17.1. The minimum Gasteiger partial charge on any atom is -0.490 e. The van der Waals surface area contributed by atoms with Gasteiger partial charge < -0.3 is 24.6 Å². The van der Waals surface area contributed by atoms with E-state index in [1.165, 1.54) is 0 Å². The maximum Gasteiger partial charge on any atom is 0.408 e. The zero-order chi connectivity index (χ0) is 26.1. The van der Waals surface area contributed by atoms with Gasteiger partial charge in [-0.1, -0.05) is 48.5 Å². The standard InChI is InChI=1S/C28H37N3O5/c1-28(2,3)36-27(34)29-18-26(33)31-16-15-24(35-23-13-9-6-10-14-23)22(20-31)17-25(32)30(4)19-21-11-7-5-8-12-21/h5-14,22,24H,15-20H2,1-4H3,(H,29,34)/t22-,24-/m0/s1. The van der Waals surface area contributed by atoms with Gasteiger partial charge in [-0.05, 0) is 38.5 Å². The molecule has 0 aliphatic carbocycles. The Balaban J connectivity index is 1.63. The van der Waals surface area contributed by atoms with Gasteiger partial charge in [0.05, 0.1) is 0 Å². The zero-order valence-corrected chi connectivity index (χ0v) is 21.6. The molecule has 1 aliphatic heterocycles. The van der Waals surface area contributed by atoms with E-state index in [4.69, 9.17) is 9.47 Å². The van der Waals surface area contributed by atoms with Gasteiger partial charge in [0.15, 0.2) is 0 Å². The highest BCUT2D eigenvalue weighted by Gasteiger charge is 2.35. The third-order valence-electron chi connectivity index (χ3n) is 5.96. The van der Waals surface area contributed by atoms with Gasteiger partial charge in [-0.15, -0.1) is 0 Å². The number of para-hydroxylation sites is 1. The van der Waals surface area contributed by atoms with Crippen LogP contribution in [0.1, 0.15) is 39.2 Å². The number of alkyl carbamates (subject to hydrolysis) is 1. The monoisotopic (exact) mass is 495 g/mol. The number of hydrogen-bond acceptors (Lipinski definition) is 5. The van der Waals surface area contributed by atoms with E-state index in [-0.39, 0.29) is 36.8 Å². The highest BCUT2D eigenvalue weighted by atomic mass is 16.6. The molecule has 1 saturated heterocycles. The molecule has 0 radical (unpaired) electrons. The molecule has 2 aromatic rings.